The van der Waals surface area contributed by atoms with Crippen molar-refractivity contribution >= 4 is 15.9 Å². The second kappa shape index (κ2) is 4.08. The molecular formula is C10H11FN2O3S. The van der Waals surface area contributed by atoms with Gasteiger partial charge in [0.25, 0.3) is 5.91 Å². The molecule has 0 saturated heterocycles. The molecule has 0 spiro atoms. The molecule has 1 aromatic rings. The van der Waals surface area contributed by atoms with Crippen LogP contribution in [0.2, 0.25) is 0 Å². The van der Waals surface area contributed by atoms with Gasteiger partial charge >= 0.3 is 0 Å². The number of amides is 1. The van der Waals surface area contributed by atoms with Crippen LogP contribution in [0.25, 0.3) is 0 Å². The van der Waals surface area contributed by atoms with E-state index in [1.807, 2.05) is 0 Å². The zero-order valence-corrected chi connectivity index (χ0v) is 9.63. The van der Waals surface area contributed by atoms with E-state index >= 15 is 0 Å². The number of hydrogen-bond acceptors (Lipinski definition) is 3. The maximum absolute atomic E-state index is 13.4. The second-order valence-electron chi connectivity index (χ2n) is 3.93. The zero-order valence-electron chi connectivity index (χ0n) is 8.81. The number of halogens is 1. The van der Waals surface area contributed by atoms with Crippen LogP contribution >= 0.6 is 0 Å². The van der Waals surface area contributed by atoms with Crippen LogP contribution in [0.15, 0.2) is 23.1 Å². The molecule has 1 saturated carbocycles. The number of nitrogens with one attached hydrogen (secondary N) is 1. The first-order chi connectivity index (χ1) is 7.88. The molecule has 0 bridgehead atoms. The molecule has 0 heterocycles. The molecule has 1 aliphatic carbocycles. The Kier molecular flexibility index (Phi) is 2.88. The number of primary sulfonamides is 1. The molecule has 1 aromatic carbocycles. The molecule has 1 amide bonds. The van der Waals surface area contributed by atoms with Crippen molar-refractivity contribution in [3.63, 3.8) is 0 Å². The predicted molar refractivity (Wildman–Crippen MR) is 58.3 cm³/mol. The van der Waals surface area contributed by atoms with E-state index < -0.39 is 21.7 Å². The van der Waals surface area contributed by atoms with Crippen LogP contribution in [0.1, 0.15) is 23.2 Å². The average molecular weight is 258 g/mol. The van der Waals surface area contributed by atoms with E-state index in [-0.39, 0.29) is 16.5 Å². The van der Waals surface area contributed by atoms with Gasteiger partial charge in [-0.2, -0.15) is 0 Å². The molecule has 0 atom stereocenters. The van der Waals surface area contributed by atoms with Crippen molar-refractivity contribution in [3.8, 4) is 0 Å². The van der Waals surface area contributed by atoms with Crippen molar-refractivity contribution in [2.24, 2.45) is 5.14 Å². The molecule has 5 nitrogen and oxygen atoms in total. The van der Waals surface area contributed by atoms with Crippen LogP contribution in [-0.4, -0.2) is 20.4 Å². The van der Waals surface area contributed by atoms with E-state index in [0.29, 0.717) is 0 Å². The first-order valence-corrected chi connectivity index (χ1v) is 6.56. The van der Waals surface area contributed by atoms with Gasteiger partial charge in [-0.15, -0.1) is 0 Å². The van der Waals surface area contributed by atoms with Gasteiger partial charge in [0.15, 0.2) is 0 Å². The smallest absolute Gasteiger partial charge is 0.254 e. The number of carbonyl (C=O) groups is 1. The van der Waals surface area contributed by atoms with Gasteiger partial charge in [0.1, 0.15) is 5.82 Å². The lowest BCUT2D eigenvalue weighted by molar-refractivity contribution is 0.0947. The molecule has 2 rings (SSSR count). The highest BCUT2D eigenvalue weighted by Crippen LogP contribution is 2.20. The summed E-state index contributed by atoms with van der Waals surface area (Å²) < 4.78 is 35.5. The summed E-state index contributed by atoms with van der Waals surface area (Å²) in [5, 5.41) is 7.48. The monoisotopic (exact) mass is 258 g/mol. The van der Waals surface area contributed by atoms with Crippen molar-refractivity contribution in [1.82, 2.24) is 5.32 Å². The lowest BCUT2D eigenvalue weighted by atomic mass is 10.2. The first kappa shape index (κ1) is 12.0. The SMILES string of the molecule is NS(=O)(=O)c1ccc(F)c(C(=O)NC2CC2)c1. The van der Waals surface area contributed by atoms with Crippen molar-refractivity contribution in [3.05, 3.63) is 29.6 Å². The largest absolute Gasteiger partial charge is 0.349 e. The lowest BCUT2D eigenvalue weighted by Gasteiger charge is -2.06. The van der Waals surface area contributed by atoms with Gasteiger partial charge in [0.2, 0.25) is 10.0 Å². The summed E-state index contributed by atoms with van der Waals surface area (Å²) in [6, 6.07) is 2.96. The maximum atomic E-state index is 13.4. The molecule has 0 aliphatic heterocycles. The molecule has 7 heteroatoms. The minimum Gasteiger partial charge on any atom is -0.349 e. The van der Waals surface area contributed by atoms with Gasteiger partial charge in [-0.25, -0.2) is 17.9 Å². The normalized spacial score (nSPS) is 15.6. The highest BCUT2D eigenvalue weighted by molar-refractivity contribution is 7.89. The van der Waals surface area contributed by atoms with Gasteiger partial charge in [-0.1, -0.05) is 0 Å². The second-order valence-corrected chi connectivity index (χ2v) is 5.50. The number of nitrogens with two attached hydrogens (primary N) is 1. The number of hydrogen-bond donors (Lipinski definition) is 2. The Morgan fingerprint density at radius 2 is 2.06 bits per heavy atom. The third-order valence-corrected chi connectivity index (χ3v) is 3.33. The lowest BCUT2D eigenvalue weighted by Crippen LogP contribution is -2.26. The Morgan fingerprint density at radius 3 is 2.59 bits per heavy atom. The number of rotatable bonds is 3. The van der Waals surface area contributed by atoms with Gasteiger partial charge < -0.3 is 5.32 Å². The summed E-state index contributed by atoms with van der Waals surface area (Å²) in [7, 11) is -3.94. The number of carbonyl (C=O) groups excluding carboxylic acids is 1. The van der Waals surface area contributed by atoms with E-state index in [1.165, 1.54) is 0 Å². The number of sulfonamides is 1. The average Bonchev–Trinajstić information content (AvgIpc) is 3.00. The fourth-order valence-electron chi connectivity index (χ4n) is 1.35. The minimum atomic E-state index is -3.94. The van der Waals surface area contributed by atoms with Crippen molar-refractivity contribution in [2.75, 3.05) is 0 Å². The topological polar surface area (TPSA) is 89.3 Å². The van der Waals surface area contributed by atoms with Gasteiger partial charge in [0.05, 0.1) is 10.5 Å². The third kappa shape index (κ3) is 2.80. The molecule has 3 N–H and O–H groups in total. The van der Waals surface area contributed by atoms with E-state index in [2.05, 4.69) is 5.32 Å². The Labute approximate surface area is 97.9 Å². The standard InChI is InChI=1S/C10H11FN2O3S/c11-9-4-3-7(17(12,15)16)5-8(9)10(14)13-6-1-2-6/h3-6H,1-2H2,(H,13,14)(H2,12,15,16). The van der Waals surface area contributed by atoms with Crippen LogP contribution in [0.5, 0.6) is 0 Å². The van der Waals surface area contributed by atoms with Crippen molar-refractivity contribution in [1.29, 1.82) is 0 Å². The van der Waals surface area contributed by atoms with Crippen LogP contribution in [-0.2, 0) is 10.0 Å². The molecule has 17 heavy (non-hydrogen) atoms. The molecule has 0 radical (unpaired) electrons. The Balaban J connectivity index is 2.34. The Hall–Kier alpha value is -1.47. The summed E-state index contributed by atoms with van der Waals surface area (Å²) in [5.74, 6) is -1.38. The van der Waals surface area contributed by atoms with E-state index in [1.54, 1.807) is 0 Å². The van der Waals surface area contributed by atoms with E-state index in [9.17, 15) is 17.6 Å². The molecular weight excluding hydrogens is 247 g/mol. The van der Waals surface area contributed by atoms with Gasteiger partial charge in [0, 0.05) is 6.04 Å². The highest BCUT2D eigenvalue weighted by atomic mass is 32.2. The summed E-state index contributed by atoms with van der Waals surface area (Å²) in [5.41, 5.74) is -0.302. The van der Waals surface area contributed by atoms with E-state index in [4.69, 9.17) is 5.14 Å². The molecule has 1 fully saturated rings. The van der Waals surface area contributed by atoms with Crippen molar-refractivity contribution in [2.45, 2.75) is 23.8 Å². The summed E-state index contributed by atoms with van der Waals surface area (Å²) in [6.07, 6.45) is 1.73. The third-order valence-electron chi connectivity index (χ3n) is 2.42. The fourth-order valence-corrected chi connectivity index (χ4v) is 1.89. The zero-order chi connectivity index (χ0) is 12.6. The number of benzene rings is 1. The minimum absolute atomic E-state index is 0.0695. The van der Waals surface area contributed by atoms with Gasteiger partial charge in [-0.05, 0) is 31.0 Å². The molecule has 1 aliphatic rings. The Morgan fingerprint density at radius 1 is 1.41 bits per heavy atom. The predicted octanol–water partition coefficient (Wildman–Crippen LogP) is 0.365. The van der Waals surface area contributed by atoms with Crippen LogP contribution in [0, 0.1) is 5.82 Å². The first-order valence-electron chi connectivity index (χ1n) is 5.01. The molecule has 0 unspecified atom stereocenters. The fraction of sp³-hybridized carbons (Fsp3) is 0.300. The highest BCUT2D eigenvalue weighted by Gasteiger charge is 2.25. The van der Waals surface area contributed by atoms with Crippen LogP contribution in [0.4, 0.5) is 4.39 Å². The Bertz CT molecular complexity index is 567. The summed E-state index contributed by atoms with van der Waals surface area (Å²) in [4.78, 5) is 11.3. The van der Waals surface area contributed by atoms with Crippen LogP contribution < -0.4 is 10.5 Å². The molecule has 92 valence electrons. The molecule has 0 aromatic heterocycles. The van der Waals surface area contributed by atoms with E-state index in [0.717, 1.165) is 31.0 Å². The van der Waals surface area contributed by atoms with Crippen molar-refractivity contribution < 1.29 is 17.6 Å². The van der Waals surface area contributed by atoms with Gasteiger partial charge in [-0.3, -0.25) is 4.79 Å². The summed E-state index contributed by atoms with van der Waals surface area (Å²) >= 11 is 0. The maximum Gasteiger partial charge on any atom is 0.254 e. The van der Waals surface area contributed by atoms with Crippen LogP contribution in [0.3, 0.4) is 0 Å². The quantitative estimate of drug-likeness (QED) is 0.820. The summed E-state index contributed by atoms with van der Waals surface area (Å²) in [6.45, 7) is 0.